The number of guanidine groups is 1. The van der Waals surface area contributed by atoms with Gasteiger partial charge in [0.2, 0.25) is 0 Å². The zero-order chi connectivity index (χ0) is 20.1. The highest BCUT2D eigenvalue weighted by Gasteiger charge is 2.32. The van der Waals surface area contributed by atoms with Crippen LogP contribution in [0.2, 0.25) is 0 Å². The van der Waals surface area contributed by atoms with Gasteiger partial charge in [-0.15, -0.1) is 0 Å². The Morgan fingerprint density at radius 1 is 1.11 bits per heavy atom. The van der Waals surface area contributed by atoms with Gasteiger partial charge in [0.1, 0.15) is 17.5 Å². The van der Waals surface area contributed by atoms with E-state index in [9.17, 15) is 4.79 Å². The number of nitrogens with two attached hydrogens (primary N) is 1. The van der Waals surface area contributed by atoms with Crippen molar-refractivity contribution in [2.75, 3.05) is 20.8 Å². The Kier molecular flexibility index (Phi) is 5.84. The van der Waals surface area contributed by atoms with Gasteiger partial charge in [0.25, 0.3) is 0 Å². The van der Waals surface area contributed by atoms with Crippen molar-refractivity contribution in [3.8, 4) is 11.5 Å². The normalized spacial score (nSPS) is 16.1. The van der Waals surface area contributed by atoms with Crippen LogP contribution in [0.25, 0.3) is 5.70 Å². The number of ether oxygens (including phenoxy) is 3. The maximum Gasteiger partial charge on any atom is 0.338 e. The fourth-order valence-corrected chi connectivity index (χ4v) is 3.05. The van der Waals surface area contributed by atoms with E-state index < -0.39 is 12.0 Å². The number of hydrogen-bond acceptors (Lipinski definition) is 7. The molecule has 0 aliphatic carbocycles. The van der Waals surface area contributed by atoms with Gasteiger partial charge >= 0.3 is 5.97 Å². The molecule has 0 radical (unpaired) electrons. The van der Waals surface area contributed by atoms with Crippen LogP contribution in [0.15, 0.2) is 59.1 Å². The lowest BCUT2D eigenvalue weighted by atomic mass is 9.93. The van der Waals surface area contributed by atoms with Crippen LogP contribution in [-0.4, -0.2) is 32.8 Å². The number of benzene rings is 2. The molecule has 1 aliphatic heterocycles. The lowest BCUT2D eigenvalue weighted by Crippen LogP contribution is -2.37. The number of carbonyl (C=O) groups is 1. The quantitative estimate of drug-likeness (QED) is 0.747. The van der Waals surface area contributed by atoms with Gasteiger partial charge in [-0.1, -0.05) is 30.3 Å². The molecule has 146 valence electrons. The van der Waals surface area contributed by atoms with Gasteiger partial charge in [0.15, 0.2) is 5.96 Å². The molecule has 0 saturated heterocycles. The van der Waals surface area contributed by atoms with Crippen molar-refractivity contribution in [1.29, 1.82) is 0 Å². The van der Waals surface area contributed by atoms with Gasteiger partial charge in [-0.05, 0) is 30.2 Å². The summed E-state index contributed by atoms with van der Waals surface area (Å²) in [6, 6.07) is 14.2. The second-order valence-corrected chi connectivity index (χ2v) is 6.06. The zero-order valence-corrected chi connectivity index (χ0v) is 16.1. The first kappa shape index (κ1) is 19.3. The van der Waals surface area contributed by atoms with E-state index >= 15 is 0 Å². The van der Waals surface area contributed by atoms with Crippen LogP contribution in [0.1, 0.15) is 24.1 Å². The second-order valence-electron chi connectivity index (χ2n) is 6.06. The number of carbonyl (C=O) groups excluding carboxylic acids is 1. The molecule has 1 unspecified atom stereocenters. The average Bonchev–Trinajstić information content (AvgIpc) is 2.73. The summed E-state index contributed by atoms with van der Waals surface area (Å²) in [5.74, 6) is 0.924. The van der Waals surface area contributed by atoms with Crippen LogP contribution in [-0.2, 0) is 9.53 Å². The van der Waals surface area contributed by atoms with Crippen LogP contribution in [0.4, 0.5) is 0 Å². The van der Waals surface area contributed by atoms with Gasteiger partial charge in [-0.3, -0.25) is 0 Å². The topological polar surface area (TPSA) is 95.2 Å². The highest BCUT2D eigenvalue weighted by atomic mass is 16.5. The van der Waals surface area contributed by atoms with Crippen LogP contribution < -0.4 is 20.5 Å². The molecule has 0 spiro atoms. The molecule has 1 atom stereocenters. The first-order chi connectivity index (χ1) is 13.6. The number of nitrogens with one attached hydrogen (secondary N) is 1. The van der Waals surface area contributed by atoms with Crippen molar-refractivity contribution in [2.45, 2.75) is 13.0 Å². The molecule has 3 N–H and O–H groups in total. The molecule has 1 aliphatic rings. The van der Waals surface area contributed by atoms with E-state index in [-0.39, 0.29) is 12.6 Å². The van der Waals surface area contributed by atoms with Crippen LogP contribution in [0.3, 0.4) is 0 Å². The lowest BCUT2D eigenvalue weighted by Gasteiger charge is -2.26. The van der Waals surface area contributed by atoms with Crippen molar-refractivity contribution in [3.05, 3.63) is 65.2 Å². The summed E-state index contributed by atoms with van der Waals surface area (Å²) in [6.45, 7) is 2.01. The predicted molar refractivity (Wildman–Crippen MR) is 107 cm³/mol. The molecule has 0 aromatic heterocycles. The third-order valence-electron chi connectivity index (χ3n) is 4.31. The minimum Gasteiger partial charge on any atom is -0.497 e. The molecule has 28 heavy (non-hydrogen) atoms. The minimum absolute atomic E-state index is 0.207. The fourth-order valence-electron chi connectivity index (χ4n) is 3.05. The number of methoxy groups -OCH3 is 2. The lowest BCUT2D eigenvalue weighted by molar-refractivity contribution is -0.138. The Morgan fingerprint density at radius 2 is 1.75 bits per heavy atom. The van der Waals surface area contributed by atoms with E-state index in [0.29, 0.717) is 28.3 Å². The number of esters is 1. The molecule has 0 amide bonds. The Morgan fingerprint density at radius 3 is 2.32 bits per heavy atom. The van der Waals surface area contributed by atoms with E-state index in [1.165, 1.54) is 0 Å². The van der Waals surface area contributed by atoms with Gasteiger partial charge in [0, 0.05) is 6.07 Å². The Balaban J connectivity index is 2.21. The maximum atomic E-state index is 12.9. The van der Waals surface area contributed by atoms with Crippen LogP contribution in [0, 0.1) is 0 Å². The average molecular weight is 381 g/mol. The standard InChI is InChI=1S/C21H23N3O4/c1-4-28-20(25)17-18(13-8-6-5-7-9-13)23-21(22)24-19(17)14-10-15(26-2)12-16(11-14)27-3/h5-12,19H,4H2,1-3H3,(H3,22,23,24). The minimum atomic E-state index is -0.667. The summed E-state index contributed by atoms with van der Waals surface area (Å²) in [5, 5.41) is 3.02. The third kappa shape index (κ3) is 3.93. The summed E-state index contributed by atoms with van der Waals surface area (Å²) in [5.41, 5.74) is 8.51. The van der Waals surface area contributed by atoms with Gasteiger partial charge in [-0.25, -0.2) is 9.79 Å². The van der Waals surface area contributed by atoms with E-state index in [1.54, 1.807) is 39.3 Å². The molecular formula is C21H23N3O4. The predicted octanol–water partition coefficient (Wildman–Crippen LogP) is 2.64. The fraction of sp³-hybridized carbons (Fsp3) is 0.238. The molecule has 3 rings (SSSR count). The Hall–Kier alpha value is -3.48. The van der Waals surface area contributed by atoms with Crippen molar-refractivity contribution in [2.24, 2.45) is 10.7 Å². The molecule has 0 saturated carbocycles. The molecule has 0 fully saturated rings. The van der Waals surface area contributed by atoms with Gasteiger partial charge in [-0.2, -0.15) is 0 Å². The Labute approximate surface area is 163 Å². The zero-order valence-electron chi connectivity index (χ0n) is 16.1. The van der Waals surface area contributed by atoms with Gasteiger partial charge in [0.05, 0.1) is 32.1 Å². The van der Waals surface area contributed by atoms with Crippen molar-refractivity contribution < 1.29 is 19.0 Å². The van der Waals surface area contributed by atoms with Crippen molar-refractivity contribution >= 4 is 17.6 Å². The second kappa shape index (κ2) is 8.47. The summed E-state index contributed by atoms with van der Waals surface area (Å²) < 4.78 is 16.0. The van der Waals surface area contributed by atoms with Crippen molar-refractivity contribution in [1.82, 2.24) is 5.32 Å². The molecule has 2 aromatic rings. The summed E-state index contributed by atoms with van der Waals surface area (Å²) in [6.07, 6.45) is 0. The number of aliphatic imine (C=N–C) groups is 1. The van der Waals surface area contributed by atoms with Crippen LogP contribution in [0.5, 0.6) is 11.5 Å². The summed E-state index contributed by atoms with van der Waals surface area (Å²) in [7, 11) is 3.13. The van der Waals surface area contributed by atoms with Gasteiger partial charge < -0.3 is 25.3 Å². The highest BCUT2D eigenvalue weighted by molar-refractivity contribution is 6.04. The molecule has 7 nitrogen and oxygen atoms in total. The third-order valence-corrected chi connectivity index (χ3v) is 4.31. The molecule has 7 heteroatoms. The number of hydrogen-bond donors (Lipinski definition) is 2. The molecule has 0 bridgehead atoms. The Bertz CT molecular complexity index is 900. The van der Waals surface area contributed by atoms with Crippen molar-refractivity contribution in [3.63, 3.8) is 0 Å². The van der Waals surface area contributed by atoms with E-state index in [0.717, 1.165) is 5.56 Å². The van der Waals surface area contributed by atoms with E-state index in [2.05, 4.69) is 10.3 Å². The number of rotatable bonds is 6. The largest absolute Gasteiger partial charge is 0.497 e. The van der Waals surface area contributed by atoms with Crippen LogP contribution >= 0.6 is 0 Å². The first-order valence-electron chi connectivity index (χ1n) is 8.87. The summed E-state index contributed by atoms with van der Waals surface area (Å²) in [4.78, 5) is 17.4. The van der Waals surface area contributed by atoms with E-state index in [1.807, 2.05) is 30.3 Å². The first-order valence-corrected chi connectivity index (χ1v) is 8.87. The van der Waals surface area contributed by atoms with E-state index in [4.69, 9.17) is 19.9 Å². The molecular weight excluding hydrogens is 358 g/mol. The monoisotopic (exact) mass is 381 g/mol. The highest BCUT2D eigenvalue weighted by Crippen LogP contribution is 2.37. The molecule has 1 heterocycles. The molecule has 2 aromatic carbocycles. The maximum absolute atomic E-state index is 12.9. The number of nitrogens with zero attached hydrogens (tertiary/aromatic N) is 1. The smallest absolute Gasteiger partial charge is 0.338 e. The summed E-state index contributed by atoms with van der Waals surface area (Å²) >= 11 is 0. The SMILES string of the molecule is CCOC(=O)C1=C(c2ccccc2)NC(N)=NC1c1cc(OC)cc(OC)c1.